The third kappa shape index (κ3) is 8.97. The van der Waals surface area contributed by atoms with Gasteiger partial charge in [0.1, 0.15) is 11.3 Å². The van der Waals surface area contributed by atoms with Gasteiger partial charge in [-0.05, 0) is 68.3 Å². The van der Waals surface area contributed by atoms with Crippen LogP contribution < -0.4 is 10.0 Å². The van der Waals surface area contributed by atoms with E-state index in [1.165, 1.54) is 42.5 Å². The molecule has 0 aliphatic heterocycles. The maximum absolute atomic E-state index is 13.3. The van der Waals surface area contributed by atoms with E-state index < -0.39 is 46.2 Å². The predicted molar refractivity (Wildman–Crippen MR) is 148 cm³/mol. The van der Waals surface area contributed by atoms with Crippen molar-refractivity contribution in [3.63, 3.8) is 0 Å². The molecule has 9 nitrogen and oxygen atoms in total. The summed E-state index contributed by atoms with van der Waals surface area (Å²) in [6.45, 7) is 4.16. The smallest absolute Gasteiger partial charge is 0.433 e. The van der Waals surface area contributed by atoms with Crippen LogP contribution in [0.4, 0.5) is 23.7 Å². The zero-order valence-corrected chi connectivity index (χ0v) is 24.2. The van der Waals surface area contributed by atoms with Crippen LogP contribution in [0.1, 0.15) is 48.0 Å². The van der Waals surface area contributed by atoms with Crippen LogP contribution in [-0.2, 0) is 34.2 Å². The van der Waals surface area contributed by atoms with Crippen molar-refractivity contribution >= 4 is 51.1 Å². The molecule has 0 aliphatic rings. The second-order valence-corrected chi connectivity index (χ2v) is 12.0. The lowest BCUT2D eigenvalue weighted by atomic mass is 10.2. The standard InChI is InChI=1S/C26H25Cl2F3N4O5S/c1-25(2,3)40-24(37)35(15-18-5-4-6-20(27)22(18)28)41(38,39)34-19-10-8-17(9-11-19)23(36)33-14-16-7-12-21(32-13-16)26(29,30)31/h4-13,34H,14-15H2,1-3H3,(H,33,36). The van der Waals surface area contributed by atoms with Gasteiger partial charge in [0.25, 0.3) is 5.91 Å². The van der Waals surface area contributed by atoms with Crippen molar-refractivity contribution in [2.45, 2.75) is 45.6 Å². The predicted octanol–water partition coefficient (Wildman–Crippen LogP) is 6.43. The third-order valence-corrected chi connectivity index (χ3v) is 7.41. The van der Waals surface area contributed by atoms with Gasteiger partial charge in [0.2, 0.25) is 0 Å². The fourth-order valence-corrected chi connectivity index (χ4v) is 4.73. The van der Waals surface area contributed by atoms with Crippen LogP contribution in [0.15, 0.2) is 60.8 Å². The fraction of sp³-hybridized carbons (Fsp3) is 0.269. The van der Waals surface area contributed by atoms with Crippen LogP contribution in [0.5, 0.6) is 0 Å². The molecule has 0 saturated heterocycles. The summed E-state index contributed by atoms with van der Waals surface area (Å²) in [7, 11) is -4.55. The summed E-state index contributed by atoms with van der Waals surface area (Å²) in [6, 6.07) is 11.8. The SMILES string of the molecule is CC(C)(C)OC(=O)N(Cc1cccc(Cl)c1Cl)S(=O)(=O)Nc1ccc(C(=O)NCc2ccc(C(F)(F)F)nc2)cc1. The maximum Gasteiger partial charge on any atom is 0.433 e. The first-order valence-corrected chi connectivity index (χ1v) is 14.0. The molecule has 0 atom stereocenters. The Morgan fingerprint density at radius 1 is 1.00 bits per heavy atom. The normalized spacial score (nSPS) is 12.0. The van der Waals surface area contributed by atoms with E-state index in [1.807, 2.05) is 0 Å². The topological polar surface area (TPSA) is 118 Å². The van der Waals surface area contributed by atoms with Crippen LogP contribution in [0, 0.1) is 0 Å². The minimum absolute atomic E-state index is 0.0271. The summed E-state index contributed by atoms with van der Waals surface area (Å²) in [4.78, 5) is 28.7. The van der Waals surface area contributed by atoms with E-state index in [9.17, 15) is 31.2 Å². The molecule has 0 spiro atoms. The van der Waals surface area contributed by atoms with Crippen LogP contribution >= 0.6 is 23.2 Å². The lowest BCUT2D eigenvalue weighted by molar-refractivity contribution is -0.141. The van der Waals surface area contributed by atoms with Gasteiger partial charge in [0.05, 0.1) is 22.3 Å². The number of carbonyl (C=O) groups excluding carboxylic acids is 2. The molecule has 1 aromatic heterocycles. The number of amides is 2. The minimum atomic E-state index is -4.57. The summed E-state index contributed by atoms with van der Waals surface area (Å²) in [6.07, 6.45) is -4.72. The van der Waals surface area contributed by atoms with Gasteiger partial charge in [-0.15, -0.1) is 0 Å². The van der Waals surface area contributed by atoms with E-state index in [-0.39, 0.29) is 33.4 Å². The Hall–Kier alpha value is -3.55. The second kappa shape index (κ2) is 12.5. The number of nitrogens with one attached hydrogen (secondary N) is 2. The Labute approximate surface area is 244 Å². The molecule has 0 unspecified atom stereocenters. The number of ether oxygens (including phenoxy) is 1. The number of carbonyl (C=O) groups is 2. The largest absolute Gasteiger partial charge is 0.443 e. The highest BCUT2D eigenvalue weighted by molar-refractivity contribution is 7.90. The Kier molecular flexibility index (Phi) is 9.77. The molecule has 15 heteroatoms. The van der Waals surface area contributed by atoms with Crippen LogP contribution in [0.2, 0.25) is 10.0 Å². The molecule has 0 radical (unpaired) electrons. The molecule has 0 saturated carbocycles. The lowest BCUT2D eigenvalue weighted by Gasteiger charge is -2.27. The monoisotopic (exact) mass is 632 g/mol. The van der Waals surface area contributed by atoms with Gasteiger partial charge in [-0.2, -0.15) is 25.9 Å². The zero-order chi connectivity index (χ0) is 30.6. The number of alkyl halides is 3. The van der Waals surface area contributed by atoms with Crippen molar-refractivity contribution < 1.29 is 35.9 Å². The first-order chi connectivity index (χ1) is 19.0. The summed E-state index contributed by atoms with van der Waals surface area (Å²) in [5, 5.41) is 2.78. The van der Waals surface area contributed by atoms with Crippen molar-refractivity contribution in [1.29, 1.82) is 0 Å². The third-order valence-electron chi connectivity index (χ3n) is 5.19. The zero-order valence-electron chi connectivity index (χ0n) is 21.9. The Bertz CT molecular complexity index is 1510. The van der Waals surface area contributed by atoms with E-state index in [4.69, 9.17) is 27.9 Å². The van der Waals surface area contributed by atoms with Gasteiger partial charge < -0.3 is 10.1 Å². The first-order valence-electron chi connectivity index (χ1n) is 11.8. The first kappa shape index (κ1) is 32.0. The minimum Gasteiger partial charge on any atom is -0.443 e. The van der Waals surface area contributed by atoms with Crippen LogP contribution in [-0.4, -0.2) is 35.3 Å². The van der Waals surface area contributed by atoms with Crippen LogP contribution in [0.25, 0.3) is 0 Å². The van der Waals surface area contributed by atoms with Gasteiger partial charge in [-0.25, -0.2) is 4.79 Å². The average Bonchev–Trinajstić information content (AvgIpc) is 2.87. The fourth-order valence-electron chi connectivity index (χ4n) is 3.26. The molecular formula is C26H25Cl2F3N4O5S. The quantitative estimate of drug-likeness (QED) is 0.295. The van der Waals surface area contributed by atoms with E-state index in [0.717, 1.165) is 12.3 Å². The lowest BCUT2D eigenvalue weighted by Crippen LogP contribution is -2.43. The van der Waals surface area contributed by atoms with Gasteiger partial charge in [-0.1, -0.05) is 41.4 Å². The van der Waals surface area contributed by atoms with Crippen molar-refractivity contribution in [1.82, 2.24) is 14.6 Å². The molecular weight excluding hydrogens is 608 g/mol. The molecule has 0 bridgehead atoms. The molecule has 3 rings (SSSR count). The highest BCUT2D eigenvalue weighted by Gasteiger charge is 2.33. The molecule has 3 aromatic rings. The number of hydrogen-bond acceptors (Lipinski definition) is 6. The van der Waals surface area contributed by atoms with Gasteiger partial charge in [0.15, 0.2) is 0 Å². The Balaban J connectivity index is 1.73. The van der Waals surface area contributed by atoms with Crippen molar-refractivity contribution in [2.24, 2.45) is 0 Å². The van der Waals surface area contributed by atoms with Gasteiger partial charge in [-0.3, -0.25) is 14.5 Å². The van der Waals surface area contributed by atoms with E-state index in [0.29, 0.717) is 9.87 Å². The van der Waals surface area contributed by atoms with Crippen LogP contribution in [0.3, 0.4) is 0 Å². The van der Waals surface area contributed by atoms with Gasteiger partial charge in [0, 0.05) is 18.3 Å². The number of rotatable bonds is 8. The number of benzene rings is 2. The number of anilines is 1. The summed E-state index contributed by atoms with van der Waals surface area (Å²) < 4.78 is 72.5. The number of pyridine rings is 1. The number of aromatic nitrogens is 1. The highest BCUT2D eigenvalue weighted by Crippen LogP contribution is 2.29. The molecule has 2 amide bonds. The molecule has 0 fully saturated rings. The summed E-state index contributed by atoms with van der Waals surface area (Å²) in [5.74, 6) is -0.565. The molecule has 0 aliphatic carbocycles. The van der Waals surface area contributed by atoms with Crippen molar-refractivity contribution in [3.8, 4) is 0 Å². The number of nitrogens with zero attached hydrogens (tertiary/aromatic N) is 2. The van der Waals surface area contributed by atoms with Crippen molar-refractivity contribution in [2.75, 3.05) is 4.72 Å². The second-order valence-electron chi connectivity index (χ2n) is 9.62. The molecule has 2 N–H and O–H groups in total. The summed E-state index contributed by atoms with van der Waals surface area (Å²) in [5.41, 5.74) is -1.29. The molecule has 41 heavy (non-hydrogen) atoms. The van der Waals surface area contributed by atoms with E-state index >= 15 is 0 Å². The van der Waals surface area contributed by atoms with Gasteiger partial charge >= 0.3 is 22.5 Å². The number of halogens is 5. The molecule has 220 valence electrons. The number of hydrogen-bond donors (Lipinski definition) is 2. The Morgan fingerprint density at radius 2 is 1.66 bits per heavy atom. The summed E-state index contributed by atoms with van der Waals surface area (Å²) >= 11 is 12.2. The highest BCUT2D eigenvalue weighted by atomic mass is 35.5. The van der Waals surface area contributed by atoms with Crippen molar-refractivity contribution in [3.05, 3.63) is 93.2 Å². The maximum atomic E-state index is 13.3. The average molecular weight is 633 g/mol. The van der Waals surface area contributed by atoms with E-state index in [1.54, 1.807) is 26.8 Å². The van der Waals surface area contributed by atoms with E-state index in [2.05, 4.69) is 15.0 Å². The molecule has 2 aromatic carbocycles. The Morgan fingerprint density at radius 3 is 2.22 bits per heavy atom. The molecule has 1 heterocycles.